The summed E-state index contributed by atoms with van der Waals surface area (Å²) in [6.45, 7) is 8.78. The lowest BCUT2D eigenvalue weighted by atomic mass is 9.95. The first-order valence-corrected chi connectivity index (χ1v) is 5.79. The Balaban J connectivity index is 2.01. The first kappa shape index (κ1) is 10.7. The van der Waals surface area contributed by atoms with E-state index in [1.165, 1.54) is 16.7 Å². The second-order valence-corrected chi connectivity index (χ2v) is 4.91. The summed E-state index contributed by atoms with van der Waals surface area (Å²) in [5.41, 5.74) is 4.21. The summed E-state index contributed by atoms with van der Waals surface area (Å²) in [5.74, 6) is 0.641. The zero-order valence-electron chi connectivity index (χ0n) is 10.1. The molecule has 1 saturated heterocycles. The van der Waals surface area contributed by atoms with E-state index < -0.39 is 0 Å². The monoisotopic (exact) mass is 204 g/mol. The molecule has 82 valence electrons. The Morgan fingerprint density at radius 1 is 1.27 bits per heavy atom. The largest absolute Gasteiger partial charge is 0.370 e. The van der Waals surface area contributed by atoms with Crippen LogP contribution in [0.1, 0.15) is 30.5 Å². The van der Waals surface area contributed by atoms with Gasteiger partial charge < -0.3 is 4.74 Å². The Bertz CT molecular complexity index is 356. The molecule has 0 aromatic heterocycles. The van der Waals surface area contributed by atoms with Gasteiger partial charge in [0.25, 0.3) is 0 Å². The van der Waals surface area contributed by atoms with Crippen LogP contribution < -0.4 is 0 Å². The molecule has 0 radical (unpaired) electrons. The van der Waals surface area contributed by atoms with E-state index in [9.17, 15) is 0 Å². The minimum Gasteiger partial charge on any atom is -0.370 e. The van der Waals surface area contributed by atoms with E-state index in [4.69, 9.17) is 4.74 Å². The molecule has 0 spiro atoms. The minimum atomic E-state index is 0.478. The van der Waals surface area contributed by atoms with Crippen molar-refractivity contribution in [3.8, 4) is 0 Å². The van der Waals surface area contributed by atoms with Gasteiger partial charge >= 0.3 is 0 Å². The molecule has 0 saturated carbocycles. The highest BCUT2D eigenvalue weighted by molar-refractivity contribution is 5.30. The van der Waals surface area contributed by atoms with Gasteiger partial charge in [-0.3, -0.25) is 0 Å². The standard InChI is InChI=1S/C14H20O/c1-9-5-6-13(7-10(9)2)8-11(3)14-12(4)15-14/h5-7,11-12,14H,8H2,1-4H3. The lowest BCUT2D eigenvalue weighted by molar-refractivity contribution is 0.328. The number of benzene rings is 1. The number of aryl methyl sites for hydroxylation is 2. The van der Waals surface area contributed by atoms with Gasteiger partial charge in [0.1, 0.15) is 0 Å². The van der Waals surface area contributed by atoms with Gasteiger partial charge in [-0.2, -0.15) is 0 Å². The number of hydrogen-bond acceptors (Lipinski definition) is 1. The second-order valence-electron chi connectivity index (χ2n) is 4.91. The van der Waals surface area contributed by atoms with Gasteiger partial charge in [-0.1, -0.05) is 25.1 Å². The maximum absolute atomic E-state index is 5.50. The van der Waals surface area contributed by atoms with Gasteiger partial charge in [0.15, 0.2) is 0 Å². The van der Waals surface area contributed by atoms with E-state index in [-0.39, 0.29) is 0 Å². The smallest absolute Gasteiger partial charge is 0.0867 e. The van der Waals surface area contributed by atoms with Crippen LogP contribution in [-0.4, -0.2) is 12.2 Å². The molecular weight excluding hydrogens is 184 g/mol. The summed E-state index contributed by atoms with van der Waals surface area (Å²) in [5, 5.41) is 0. The Morgan fingerprint density at radius 2 is 1.93 bits per heavy atom. The fraction of sp³-hybridized carbons (Fsp3) is 0.571. The van der Waals surface area contributed by atoms with Crippen LogP contribution in [0.2, 0.25) is 0 Å². The molecule has 1 aromatic carbocycles. The molecule has 1 aromatic rings. The fourth-order valence-electron chi connectivity index (χ4n) is 2.22. The van der Waals surface area contributed by atoms with Crippen LogP contribution in [0.15, 0.2) is 18.2 Å². The summed E-state index contributed by atoms with van der Waals surface area (Å²) in [6.07, 6.45) is 2.11. The second kappa shape index (κ2) is 3.97. The van der Waals surface area contributed by atoms with Crippen molar-refractivity contribution in [1.82, 2.24) is 0 Å². The summed E-state index contributed by atoms with van der Waals surface area (Å²) in [7, 11) is 0. The van der Waals surface area contributed by atoms with Gasteiger partial charge in [0.05, 0.1) is 12.2 Å². The molecule has 2 rings (SSSR count). The molecule has 1 heterocycles. The van der Waals surface area contributed by atoms with Gasteiger partial charge in [0.2, 0.25) is 0 Å². The van der Waals surface area contributed by atoms with Gasteiger partial charge in [-0.05, 0) is 49.8 Å². The van der Waals surface area contributed by atoms with E-state index in [0.717, 1.165) is 6.42 Å². The van der Waals surface area contributed by atoms with Crippen molar-refractivity contribution >= 4 is 0 Å². The molecule has 1 fully saturated rings. The van der Waals surface area contributed by atoms with Crippen LogP contribution in [0, 0.1) is 19.8 Å². The maximum atomic E-state index is 5.50. The number of hydrogen-bond donors (Lipinski definition) is 0. The molecule has 1 nitrogen and oxygen atoms in total. The molecule has 3 atom stereocenters. The van der Waals surface area contributed by atoms with E-state index >= 15 is 0 Å². The normalized spacial score (nSPS) is 26.4. The summed E-state index contributed by atoms with van der Waals surface area (Å²) in [4.78, 5) is 0. The highest BCUT2D eigenvalue weighted by Gasteiger charge is 2.38. The average Bonchev–Trinajstić information content (AvgIpc) is 2.89. The highest BCUT2D eigenvalue weighted by Crippen LogP contribution is 2.31. The van der Waals surface area contributed by atoms with Crippen molar-refractivity contribution in [3.05, 3.63) is 34.9 Å². The lowest BCUT2D eigenvalue weighted by Crippen LogP contribution is -2.09. The summed E-state index contributed by atoms with van der Waals surface area (Å²) >= 11 is 0. The lowest BCUT2D eigenvalue weighted by Gasteiger charge is -2.10. The van der Waals surface area contributed by atoms with Crippen LogP contribution in [0.5, 0.6) is 0 Å². The van der Waals surface area contributed by atoms with Gasteiger partial charge in [-0.15, -0.1) is 0 Å². The molecule has 0 N–H and O–H groups in total. The van der Waals surface area contributed by atoms with Crippen molar-refractivity contribution in [2.45, 2.75) is 46.3 Å². The minimum absolute atomic E-state index is 0.478. The van der Waals surface area contributed by atoms with Crippen LogP contribution in [0.25, 0.3) is 0 Å². The Hall–Kier alpha value is -0.820. The number of ether oxygens (including phenoxy) is 1. The van der Waals surface area contributed by atoms with Gasteiger partial charge in [-0.25, -0.2) is 0 Å². The molecule has 1 aliphatic rings. The number of rotatable bonds is 3. The van der Waals surface area contributed by atoms with Crippen LogP contribution in [-0.2, 0) is 11.2 Å². The van der Waals surface area contributed by atoms with Crippen LogP contribution in [0.3, 0.4) is 0 Å². The Kier molecular flexibility index (Phi) is 2.83. The van der Waals surface area contributed by atoms with Crippen molar-refractivity contribution in [2.75, 3.05) is 0 Å². The third kappa shape index (κ3) is 2.40. The topological polar surface area (TPSA) is 12.5 Å². The molecule has 1 heteroatoms. The van der Waals surface area contributed by atoms with Crippen LogP contribution >= 0.6 is 0 Å². The summed E-state index contributed by atoms with van der Waals surface area (Å²) < 4.78 is 5.50. The SMILES string of the molecule is Cc1ccc(CC(C)C2OC2C)cc1C. The zero-order valence-corrected chi connectivity index (χ0v) is 10.1. The van der Waals surface area contributed by atoms with E-state index in [1.807, 2.05) is 0 Å². The molecule has 1 aliphatic heterocycles. The molecule has 0 amide bonds. The van der Waals surface area contributed by atoms with E-state index in [1.54, 1.807) is 0 Å². The van der Waals surface area contributed by atoms with Crippen molar-refractivity contribution in [1.29, 1.82) is 0 Å². The molecule has 3 unspecified atom stereocenters. The van der Waals surface area contributed by atoms with E-state index in [2.05, 4.69) is 45.9 Å². The van der Waals surface area contributed by atoms with Gasteiger partial charge in [0, 0.05) is 0 Å². The molecule has 0 aliphatic carbocycles. The predicted molar refractivity (Wildman–Crippen MR) is 63.1 cm³/mol. The maximum Gasteiger partial charge on any atom is 0.0867 e. The molecular formula is C14H20O. The third-order valence-corrected chi connectivity index (χ3v) is 3.45. The Labute approximate surface area is 92.5 Å². The first-order valence-electron chi connectivity index (χ1n) is 5.79. The average molecular weight is 204 g/mol. The van der Waals surface area contributed by atoms with Crippen molar-refractivity contribution in [3.63, 3.8) is 0 Å². The molecule has 15 heavy (non-hydrogen) atoms. The van der Waals surface area contributed by atoms with Crippen LogP contribution in [0.4, 0.5) is 0 Å². The van der Waals surface area contributed by atoms with Crippen molar-refractivity contribution < 1.29 is 4.74 Å². The fourth-order valence-corrected chi connectivity index (χ4v) is 2.22. The first-order chi connectivity index (χ1) is 7.08. The number of epoxide rings is 1. The summed E-state index contributed by atoms with van der Waals surface area (Å²) in [6, 6.07) is 6.76. The highest BCUT2D eigenvalue weighted by atomic mass is 16.6. The quantitative estimate of drug-likeness (QED) is 0.688. The Morgan fingerprint density at radius 3 is 2.47 bits per heavy atom. The van der Waals surface area contributed by atoms with E-state index in [0.29, 0.717) is 18.1 Å². The third-order valence-electron chi connectivity index (χ3n) is 3.45. The van der Waals surface area contributed by atoms with Crippen molar-refractivity contribution in [2.24, 2.45) is 5.92 Å². The molecule has 0 bridgehead atoms. The predicted octanol–water partition coefficient (Wildman–Crippen LogP) is 3.27. The zero-order chi connectivity index (χ0) is 11.0.